The van der Waals surface area contributed by atoms with Crippen molar-refractivity contribution in [2.45, 2.75) is 38.6 Å². The number of carbonyl (C=O) groups is 2. The first-order valence-electron chi connectivity index (χ1n) is 12.5. The Morgan fingerprint density at radius 2 is 1.78 bits per heavy atom. The summed E-state index contributed by atoms with van der Waals surface area (Å²) in [5.41, 5.74) is 16.9. The second-order valence-corrected chi connectivity index (χ2v) is 9.76. The van der Waals surface area contributed by atoms with Gasteiger partial charge in [0.2, 0.25) is 5.91 Å². The van der Waals surface area contributed by atoms with Gasteiger partial charge in [0, 0.05) is 53.1 Å². The second kappa shape index (κ2) is 10.0. The summed E-state index contributed by atoms with van der Waals surface area (Å²) in [6, 6.07) is 14.8. The van der Waals surface area contributed by atoms with Gasteiger partial charge < -0.3 is 22.1 Å². The average molecular weight is 498 g/mol. The smallest absolute Gasteiger partial charge is 0.255 e. The van der Waals surface area contributed by atoms with Crippen molar-refractivity contribution in [1.82, 2.24) is 14.8 Å². The Bertz CT molecular complexity index is 1470. The van der Waals surface area contributed by atoms with Crippen LogP contribution in [-0.2, 0) is 11.8 Å². The largest absolute Gasteiger partial charge is 0.384 e. The molecule has 1 aliphatic carbocycles. The molecule has 0 unspecified atom stereocenters. The summed E-state index contributed by atoms with van der Waals surface area (Å²) >= 11 is 0. The molecule has 1 saturated carbocycles. The number of nitrogen functional groups attached to an aromatic ring is 1. The lowest BCUT2D eigenvalue weighted by Gasteiger charge is -2.25. The zero-order valence-corrected chi connectivity index (χ0v) is 21.0. The van der Waals surface area contributed by atoms with Gasteiger partial charge in [0.15, 0.2) is 0 Å². The predicted molar refractivity (Wildman–Crippen MR) is 146 cm³/mol. The highest BCUT2D eigenvalue weighted by Crippen LogP contribution is 2.30. The third kappa shape index (κ3) is 5.17. The van der Waals surface area contributed by atoms with Crippen LogP contribution < -0.4 is 22.1 Å². The van der Waals surface area contributed by atoms with Crippen molar-refractivity contribution >= 4 is 39.9 Å². The van der Waals surface area contributed by atoms with E-state index in [2.05, 4.69) is 20.7 Å². The van der Waals surface area contributed by atoms with Crippen LogP contribution in [0.25, 0.3) is 22.2 Å². The third-order valence-corrected chi connectivity index (χ3v) is 7.07. The van der Waals surface area contributed by atoms with Gasteiger partial charge in [0.1, 0.15) is 11.5 Å². The van der Waals surface area contributed by atoms with Crippen LogP contribution in [0.3, 0.4) is 0 Å². The van der Waals surface area contributed by atoms with E-state index < -0.39 is 0 Å². The highest BCUT2D eigenvalue weighted by Gasteiger charge is 2.25. The number of anilines is 3. The molecule has 2 aromatic carbocycles. The predicted octanol–water partition coefficient (Wildman–Crippen LogP) is 4.23. The van der Waals surface area contributed by atoms with E-state index in [4.69, 9.17) is 11.5 Å². The number of hydrogen-bond acceptors (Lipinski definition) is 6. The molecule has 2 aromatic heterocycles. The molecule has 1 aliphatic rings. The molecule has 2 amide bonds. The van der Waals surface area contributed by atoms with Gasteiger partial charge in [-0.3, -0.25) is 14.3 Å². The van der Waals surface area contributed by atoms with E-state index in [0.717, 1.165) is 53.4 Å². The van der Waals surface area contributed by atoms with Crippen molar-refractivity contribution in [2.75, 3.05) is 16.4 Å². The van der Waals surface area contributed by atoms with E-state index in [1.165, 1.54) is 0 Å². The SMILES string of the molecule is Cc1ccc(NC(=O)c2ccc3c(c2)c(-c2ccc(N)nc2)nn3C)cc1NC(=O)C1CCC(N)CC1. The zero-order valence-electron chi connectivity index (χ0n) is 21.0. The number of nitrogens with one attached hydrogen (secondary N) is 2. The van der Waals surface area contributed by atoms with Gasteiger partial charge in [-0.25, -0.2) is 4.98 Å². The maximum atomic E-state index is 13.2. The highest BCUT2D eigenvalue weighted by atomic mass is 16.2. The molecule has 37 heavy (non-hydrogen) atoms. The number of amides is 2. The van der Waals surface area contributed by atoms with E-state index >= 15 is 0 Å². The zero-order chi connectivity index (χ0) is 26.1. The minimum Gasteiger partial charge on any atom is -0.384 e. The summed E-state index contributed by atoms with van der Waals surface area (Å²) in [5, 5.41) is 11.5. The van der Waals surface area contributed by atoms with Crippen LogP contribution in [0.15, 0.2) is 54.7 Å². The minimum atomic E-state index is -0.255. The fourth-order valence-electron chi connectivity index (χ4n) is 4.82. The summed E-state index contributed by atoms with van der Waals surface area (Å²) in [6.45, 7) is 1.93. The van der Waals surface area contributed by atoms with Crippen molar-refractivity contribution in [3.8, 4) is 11.3 Å². The molecule has 6 N–H and O–H groups in total. The Hall–Kier alpha value is -4.24. The van der Waals surface area contributed by atoms with Gasteiger partial charge >= 0.3 is 0 Å². The molecule has 9 nitrogen and oxygen atoms in total. The molecule has 0 spiro atoms. The molecular formula is C28H31N7O2. The van der Waals surface area contributed by atoms with Gasteiger partial charge in [-0.2, -0.15) is 5.10 Å². The number of benzene rings is 2. The molecule has 0 aliphatic heterocycles. The lowest BCUT2D eigenvalue weighted by Crippen LogP contribution is -2.32. The van der Waals surface area contributed by atoms with E-state index in [1.54, 1.807) is 29.1 Å². The summed E-state index contributed by atoms with van der Waals surface area (Å²) in [7, 11) is 1.86. The van der Waals surface area contributed by atoms with Crippen LogP contribution in [0, 0.1) is 12.8 Å². The van der Waals surface area contributed by atoms with E-state index in [1.807, 2.05) is 44.3 Å². The maximum Gasteiger partial charge on any atom is 0.255 e. The lowest BCUT2D eigenvalue weighted by molar-refractivity contribution is -0.120. The van der Waals surface area contributed by atoms with Gasteiger partial charge in [0.05, 0.1) is 5.52 Å². The van der Waals surface area contributed by atoms with E-state index in [0.29, 0.717) is 22.8 Å². The maximum absolute atomic E-state index is 13.2. The lowest BCUT2D eigenvalue weighted by atomic mass is 9.86. The number of nitrogens with two attached hydrogens (primary N) is 2. The van der Waals surface area contributed by atoms with Crippen LogP contribution in [0.2, 0.25) is 0 Å². The van der Waals surface area contributed by atoms with Gasteiger partial charge in [0.25, 0.3) is 5.91 Å². The van der Waals surface area contributed by atoms with Crippen molar-refractivity contribution in [1.29, 1.82) is 0 Å². The molecule has 0 bridgehead atoms. The monoisotopic (exact) mass is 497 g/mol. The molecule has 9 heteroatoms. The third-order valence-electron chi connectivity index (χ3n) is 7.07. The first-order valence-corrected chi connectivity index (χ1v) is 12.5. The van der Waals surface area contributed by atoms with Crippen molar-refractivity contribution in [3.63, 3.8) is 0 Å². The number of nitrogens with zero attached hydrogens (tertiary/aromatic N) is 3. The number of carbonyl (C=O) groups excluding carboxylic acids is 2. The Morgan fingerprint density at radius 3 is 2.51 bits per heavy atom. The number of fused-ring (bicyclic) bond motifs is 1. The number of aryl methyl sites for hydroxylation is 2. The molecule has 190 valence electrons. The summed E-state index contributed by atoms with van der Waals surface area (Å²) in [6.07, 6.45) is 5.01. The van der Waals surface area contributed by atoms with E-state index in [-0.39, 0.29) is 23.8 Å². The number of aromatic nitrogens is 3. The number of rotatable bonds is 5. The first kappa shape index (κ1) is 24.5. The summed E-state index contributed by atoms with van der Waals surface area (Å²) in [4.78, 5) is 30.2. The van der Waals surface area contributed by atoms with Crippen molar-refractivity contribution in [2.24, 2.45) is 18.7 Å². The van der Waals surface area contributed by atoms with Crippen LogP contribution in [-0.4, -0.2) is 32.6 Å². The molecule has 0 atom stereocenters. The van der Waals surface area contributed by atoms with Crippen molar-refractivity contribution in [3.05, 3.63) is 65.9 Å². The van der Waals surface area contributed by atoms with Crippen LogP contribution >= 0.6 is 0 Å². The van der Waals surface area contributed by atoms with Crippen LogP contribution in [0.5, 0.6) is 0 Å². The topological polar surface area (TPSA) is 141 Å². The van der Waals surface area contributed by atoms with Gasteiger partial charge in [-0.05, 0) is 80.6 Å². The van der Waals surface area contributed by atoms with Gasteiger partial charge in [-0.15, -0.1) is 0 Å². The molecule has 4 aromatic rings. The van der Waals surface area contributed by atoms with Gasteiger partial charge in [-0.1, -0.05) is 6.07 Å². The molecular weight excluding hydrogens is 466 g/mol. The summed E-state index contributed by atoms with van der Waals surface area (Å²) in [5.74, 6) is 0.148. The van der Waals surface area contributed by atoms with Crippen molar-refractivity contribution < 1.29 is 9.59 Å². The molecule has 0 saturated heterocycles. The Morgan fingerprint density at radius 1 is 1.00 bits per heavy atom. The summed E-state index contributed by atoms with van der Waals surface area (Å²) < 4.78 is 1.78. The normalized spacial score (nSPS) is 17.5. The second-order valence-electron chi connectivity index (χ2n) is 9.76. The Kier molecular flexibility index (Phi) is 6.62. The average Bonchev–Trinajstić information content (AvgIpc) is 3.22. The quantitative estimate of drug-likeness (QED) is 0.325. The molecule has 2 heterocycles. The molecule has 0 radical (unpaired) electrons. The highest BCUT2D eigenvalue weighted by molar-refractivity contribution is 6.08. The van der Waals surface area contributed by atoms with E-state index in [9.17, 15) is 9.59 Å². The van der Waals surface area contributed by atoms with Crippen LogP contribution in [0.1, 0.15) is 41.6 Å². The minimum absolute atomic E-state index is 0.00481. The fourth-order valence-corrected chi connectivity index (χ4v) is 4.82. The van der Waals surface area contributed by atoms with Crippen LogP contribution in [0.4, 0.5) is 17.2 Å². The molecule has 1 fully saturated rings. The Labute approximate surface area is 215 Å². The first-order chi connectivity index (χ1) is 17.8. The Balaban J connectivity index is 1.35. The fraction of sp³-hybridized carbons (Fsp3) is 0.286. The molecule has 5 rings (SSSR count). The number of hydrogen-bond donors (Lipinski definition) is 4. The number of pyridine rings is 1. The standard InChI is InChI=1S/C28H31N7O2/c1-16-3-10-21(14-23(16)33-27(36)17-4-8-20(29)9-5-17)32-28(37)18-6-11-24-22(13-18)26(34-35(24)2)19-7-12-25(30)31-15-19/h3,6-7,10-15,17,20H,4-5,8-9,29H2,1-2H3,(H2,30,31)(H,32,37)(H,33,36).